The van der Waals surface area contributed by atoms with E-state index in [9.17, 15) is 19.5 Å². The zero-order valence-corrected chi connectivity index (χ0v) is 11.2. The molecule has 1 aromatic rings. The summed E-state index contributed by atoms with van der Waals surface area (Å²) in [5.41, 5.74) is 2.34. The van der Waals surface area contributed by atoms with Crippen molar-refractivity contribution >= 4 is 29.2 Å². The zero-order chi connectivity index (χ0) is 15.4. The van der Waals surface area contributed by atoms with Crippen LogP contribution >= 0.6 is 0 Å². The van der Waals surface area contributed by atoms with Crippen LogP contribution < -0.4 is 10.7 Å². The molecule has 8 nitrogen and oxygen atoms in total. The van der Waals surface area contributed by atoms with Crippen molar-refractivity contribution in [2.45, 2.75) is 12.8 Å². The van der Waals surface area contributed by atoms with E-state index in [1.165, 1.54) is 25.3 Å². The quantitative estimate of drug-likeness (QED) is 0.550. The molecule has 3 N–H and O–H groups in total. The van der Waals surface area contributed by atoms with E-state index in [0.717, 1.165) is 0 Å². The molecule has 8 heteroatoms. The van der Waals surface area contributed by atoms with E-state index in [0.29, 0.717) is 0 Å². The van der Waals surface area contributed by atoms with Gasteiger partial charge in [-0.1, -0.05) is 6.07 Å². The van der Waals surface area contributed by atoms with Gasteiger partial charge in [-0.15, -0.1) is 0 Å². The number of phenols is 1. The Hall–Kier alpha value is -2.90. The Balaban J connectivity index is 2.18. The predicted molar refractivity (Wildman–Crippen MR) is 72.9 cm³/mol. The molecule has 0 radical (unpaired) electrons. The smallest absolute Gasteiger partial charge is 0.341 e. The Bertz CT molecular complexity index is 639. The number of para-hydroxylation sites is 1. The third-order valence-electron chi connectivity index (χ3n) is 2.86. The number of carbonyl (C=O) groups excluding carboxylic acids is 3. The Labute approximate surface area is 119 Å². The molecule has 0 atom stereocenters. The number of methoxy groups -OCH3 is 1. The van der Waals surface area contributed by atoms with Crippen molar-refractivity contribution in [3.63, 3.8) is 0 Å². The first-order chi connectivity index (χ1) is 10.0. The number of aromatic hydroxyl groups is 1. The lowest BCUT2D eigenvalue weighted by atomic mass is 10.1. The van der Waals surface area contributed by atoms with Crippen LogP contribution in [0, 0.1) is 0 Å². The van der Waals surface area contributed by atoms with Crippen molar-refractivity contribution in [2.75, 3.05) is 12.4 Å². The summed E-state index contributed by atoms with van der Waals surface area (Å²) >= 11 is 0. The lowest BCUT2D eigenvalue weighted by molar-refractivity contribution is -0.121. The number of hydrogen-bond acceptors (Lipinski definition) is 6. The first kappa shape index (κ1) is 14.5. The van der Waals surface area contributed by atoms with Crippen LogP contribution in [0.4, 0.5) is 5.69 Å². The van der Waals surface area contributed by atoms with Crippen LogP contribution in [-0.2, 0) is 14.3 Å². The maximum atomic E-state index is 12.0. The third-order valence-corrected chi connectivity index (χ3v) is 2.86. The van der Waals surface area contributed by atoms with E-state index >= 15 is 0 Å². The molecule has 0 aliphatic carbocycles. The van der Waals surface area contributed by atoms with E-state index in [1.807, 2.05) is 0 Å². The monoisotopic (exact) mass is 291 g/mol. The van der Waals surface area contributed by atoms with Gasteiger partial charge in [-0.3, -0.25) is 9.59 Å². The summed E-state index contributed by atoms with van der Waals surface area (Å²) in [4.78, 5) is 34.4. The number of rotatable bonds is 3. The maximum absolute atomic E-state index is 12.0. The molecule has 0 fully saturated rings. The minimum absolute atomic E-state index is 0.0579. The number of carbonyl (C=O) groups is 3. The van der Waals surface area contributed by atoms with E-state index in [-0.39, 0.29) is 35.7 Å². The highest BCUT2D eigenvalue weighted by Crippen LogP contribution is 2.28. The lowest BCUT2D eigenvalue weighted by Crippen LogP contribution is -2.32. The molecule has 0 bridgehead atoms. The molecular weight excluding hydrogens is 278 g/mol. The summed E-state index contributed by atoms with van der Waals surface area (Å²) in [6.07, 6.45) is 0.371. The number of hydrazone groups is 1. The van der Waals surface area contributed by atoms with Crippen molar-refractivity contribution in [1.29, 1.82) is 0 Å². The molecule has 1 aliphatic heterocycles. The highest BCUT2D eigenvalue weighted by atomic mass is 16.5. The van der Waals surface area contributed by atoms with Gasteiger partial charge in [0.05, 0.1) is 12.8 Å². The maximum Gasteiger partial charge on any atom is 0.341 e. The van der Waals surface area contributed by atoms with Crippen LogP contribution in [0.25, 0.3) is 0 Å². The van der Waals surface area contributed by atoms with Crippen molar-refractivity contribution < 1.29 is 24.2 Å². The van der Waals surface area contributed by atoms with Crippen LogP contribution in [0.2, 0.25) is 0 Å². The third kappa shape index (κ3) is 3.16. The zero-order valence-electron chi connectivity index (χ0n) is 11.2. The number of ether oxygens (including phenoxy) is 1. The fourth-order valence-electron chi connectivity index (χ4n) is 1.75. The van der Waals surface area contributed by atoms with Gasteiger partial charge in [0, 0.05) is 12.8 Å². The Morgan fingerprint density at radius 2 is 2.14 bits per heavy atom. The highest BCUT2D eigenvalue weighted by molar-refractivity contribution is 6.43. The highest BCUT2D eigenvalue weighted by Gasteiger charge is 2.21. The number of amides is 2. The van der Waals surface area contributed by atoms with Gasteiger partial charge in [-0.2, -0.15) is 5.10 Å². The summed E-state index contributed by atoms with van der Waals surface area (Å²) in [5.74, 6) is -1.93. The molecule has 1 heterocycles. The summed E-state index contributed by atoms with van der Waals surface area (Å²) in [6.45, 7) is 0. The molecule has 0 spiro atoms. The molecule has 21 heavy (non-hydrogen) atoms. The number of nitrogens with zero attached hydrogens (tertiary/aromatic N) is 1. The Morgan fingerprint density at radius 1 is 1.38 bits per heavy atom. The van der Waals surface area contributed by atoms with Gasteiger partial charge >= 0.3 is 5.97 Å². The van der Waals surface area contributed by atoms with E-state index < -0.39 is 17.6 Å². The van der Waals surface area contributed by atoms with Gasteiger partial charge in [-0.25, -0.2) is 10.2 Å². The lowest BCUT2D eigenvalue weighted by Gasteiger charge is -2.13. The number of hydrogen-bond donors (Lipinski definition) is 3. The van der Waals surface area contributed by atoms with Gasteiger partial charge in [-0.05, 0) is 12.1 Å². The van der Waals surface area contributed by atoms with Gasteiger partial charge in [0.1, 0.15) is 11.3 Å². The number of nitrogens with one attached hydrogen (secondary N) is 2. The van der Waals surface area contributed by atoms with Gasteiger partial charge in [0.15, 0.2) is 5.75 Å². The van der Waals surface area contributed by atoms with Crippen molar-refractivity contribution in [2.24, 2.45) is 5.10 Å². The number of phenolic OH excluding ortho intramolecular Hbond substituents is 1. The normalized spacial score (nSPS) is 14.0. The van der Waals surface area contributed by atoms with E-state index in [2.05, 4.69) is 20.6 Å². The second-order valence-corrected chi connectivity index (χ2v) is 4.24. The largest absolute Gasteiger partial charge is 0.505 e. The number of benzene rings is 1. The second kappa shape index (κ2) is 6.04. The number of esters is 1. The van der Waals surface area contributed by atoms with Gasteiger partial charge in [0.2, 0.25) is 5.91 Å². The number of anilines is 1. The van der Waals surface area contributed by atoms with Crippen molar-refractivity contribution in [1.82, 2.24) is 5.43 Å². The molecule has 1 aromatic carbocycles. The van der Waals surface area contributed by atoms with Crippen LogP contribution in [0.1, 0.15) is 23.2 Å². The summed E-state index contributed by atoms with van der Waals surface area (Å²) < 4.78 is 4.52. The molecule has 1 aliphatic rings. The second-order valence-electron chi connectivity index (χ2n) is 4.24. The predicted octanol–water partition coefficient (Wildman–Crippen LogP) is 0.383. The fourth-order valence-corrected chi connectivity index (χ4v) is 1.75. The minimum atomic E-state index is -0.717. The summed E-state index contributed by atoms with van der Waals surface area (Å²) in [5, 5.41) is 16.0. The molecule has 0 saturated carbocycles. The van der Waals surface area contributed by atoms with E-state index in [4.69, 9.17) is 0 Å². The molecule has 0 aromatic heterocycles. The molecule has 0 saturated heterocycles. The van der Waals surface area contributed by atoms with Crippen LogP contribution in [-0.4, -0.2) is 35.7 Å². The Kier molecular flexibility index (Phi) is 4.17. The van der Waals surface area contributed by atoms with Crippen molar-refractivity contribution in [3.05, 3.63) is 23.8 Å². The van der Waals surface area contributed by atoms with Crippen LogP contribution in [0.15, 0.2) is 23.3 Å². The van der Waals surface area contributed by atoms with E-state index in [1.54, 1.807) is 0 Å². The molecule has 110 valence electrons. The van der Waals surface area contributed by atoms with Gasteiger partial charge in [0.25, 0.3) is 5.91 Å². The van der Waals surface area contributed by atoms with Crippen LogP contribution in [0.3, 0.4) is 0 Å². The van der Waals surface area contributed by atoms with Gasteiger partial charge < -0.3 is 15.2 Å². The van der Waals surface area contributed by atoms with Crippen LogP contribution in [0.5, 0.6) is 5.75 Å². The molecular formula is C13H13N3O5. The topological polar surface area (TPSA) is 117 Å². The Morgan fingerprint density at radius 3 is 2.76 bits per heavy atom. The molecule has 2 amide bonds. The molecule has 0 unspecified atom stereocenters. The average molecular weight is 291 g/mol. The summed E-state index contributed by atoms with van der Waals surface area (Å²) in [7, 11) is 1.19. The SMILES string of the molecule is COC(=O)c1cccc(NC(=O)C2=NNC(=O)CC2)c1O. The first-order valence-electron chi connectivity index (χ1n) is 6.10. The fraction of sp³-hybridized carbons (Fsp3) is 0.231. The standard InChI is InChI=1S/C13H13N3O5/c1-21-13(20)7-3-2-4-8(11(7)18)14-12(19)9-5-6-10(17)16-15-9/h2-4,18H,5-6H2,1H3,(H,14,19)(H,16,17). The molecule has 2 rings (SSSR count). The summed E-state index contributed by atoms with van der Waals surface area (Å²) in [6, 6.07) is 4.29. The van der Waals surface area contributed by atoms with Crippen molar-refractivity contribution in [3.8, 4) is 5.75 Å². The first-order valence-corrected chi connectivity index (χ1v) is 6.10. The average Bonchev–Trinajstić information content (AvgIpc) is 2.49. The minimum Gasteiger partial charge on any atom is -0.505 e.